The molecule has 0 aliphatic carbocycles. The molecule has 2 N–H and O–H groups in total. The van der Waals surface area contributed by atoms with Gasteiger partial charge in [-0.1, -0.05) is 4.68 Å². The summed E-state index contributed by atoms with van der Waals surface area (Å²) >= 11 is 1.24. The summed E-state index contributed by atoms with van der Waals surface area (Å²) < 4.78 is 37.0. The van der Waals surface area contributed by atoms with Crippen molar-refractivity contribution in [3.05, 3.63) is 24.0 Å². The lowest BCUT2D eigenvalue weighted by Gasteiger charge is -2.06. The second-order valence-electron chi connectivity index (χ2n) is 4.78. The molecule has 0 aliphatic rings. The molecule has 0 aromatic carbocycles. The van der Waals surface area contributed by atoms with Crippen LogP contribution in [0.25, 0.3) is 11.4 Å². The lowest BCUT2D eigenvalue weighted by Crippen LogP contribution is -2.48. The van der Waals surface area contributed by atoms with Crippen LogP contribution in [-0.2, 0) is 20.9 Å². The van der Waals surface area contributed by atoms with E-state index in [0.29, 0.717) is 5.82 Å². The highest BCUT2D eigenvalue weighted by atomic mass is 32.1. The smallest absolute Gasteiger partial charge is 0.430 e. The van der Waals surface area contributed by atoms with Gasteiger partial charge in [0.1, 0.15) is 23.7 Å². The van der Waals surface area contributed by atoms with Gasteiger partial charge in [0, 0.05) is 6.07 Å². The Kier molecular flexibility index (Phi) is 7.71. The fourth-order valence-corrected chi connectivity index (χ4v) is 1.85. The summed E-state index contributed by atoms with van der Waals surface area (Å²) in [5, 5.41) is 23.9. The molecule has 0 bridgehead atoms. The molecule has 2 aromatic heterocycles. The van der Waals surface area contributed by atoms with Crippen LogP contribution in [0.15, 0.2) is 24.0 Å². The second-order valence-corrected chi connectivity index (χ2v) is 5.38. The normalized spacial score (nSPS) is 11.7. The summed E-state index contributed by atoms with van der Waals surface area (Å²) in [6.45, 7) is 1.34. The maximum atomic E-state index is 11.6. The van der Waals surface area contributed by atoms with Crippen LogP contribution < -0.4 is 15.1 Å². The number of nitrogens with one attached hydrogen (secondary N) is 1. The van der Waals surface area contributed by atoms with E-state index in [1.165, 1.54) is 23.1 Å². The molecule has 1 unspecified atom stereocenters. The zero-order chi connectivity index (χ0) is 20.6. The third-order valence-corrected chi connectivity index (χ3v) is 3.15. The number of aliphatic carboxylic acids is 2. The zero-order valence-corrected chi connectivity index (χ0v) is 14.3. The van der Waals surface area contributed by atoms with Crippen molar-refractivity contribution < 1.29 is 42.4 Å². The number of hydrogen-bond donors (Lipinski definition) is 2. The van der Waals surface area contributed by atoms with E-state index >= 15 is 0 Å². The minimum atomic E-state index is -5.19. The number of halogens is 3. The molecule has 0 saturated heterocycles. The number of carbonyl (C=O) groups is 3. The maximum absolute atomic E-state index is 11.6. The van der Waals surface area contributed by atoms with Gasteiger partial charge >= 0.3 is 12.1 Å². The predicted octanol–water partition coefficient (Wildman–Crippen LogP) is -1.22. The molecule has 2 heterocycles. The quantitative estimate of drug-likeness (QED) is 0.586. The number of amides is 1. The lowest BCUT2D eigenvalue weighted by molar-refractivity contribution is -0.742. The average molecular weight is 407 g/mol. The van der Waals surface area contributed by atoms with Gasteiger partial charge in [-0.25, -0.2) is 4.98 Å². The average Bonchev–Trinajstić information content (AvgIpc) is 3.09. The highest BCUT2D eigenvalue weighted by Gasteiger charge is 2.28. The van der Waals surface area contributed by atoms with E-state index in [1.54, 1.807) is 24.0 Å². The van der Waals surface area contributed by atoms with E-state index in [1.807, 2.05) is 0 Å². The number of rotatable bonds is 5. The van der Waals surface area contributed by atoms with Crippen LogP contribution in [0.4, 0.5) is 13.2 Å². The van der Waals surface area contributed by atoms with Crippen molar-refractivity contribution in [1.82, 2.24) is 19.8 Å². The van der Waals surface area contributed by atoms with Crippen molar-refractivity contribution in [2.75, 3.05) is 0 Å². The van der Waals surface area contributed by atoms with Crippen molar-refractivity contribution >= 4 is 29.4 Å². The number of carboxylic acids is 2. The van der Waals surface area contributed by atoms with Crippen LogP contribution in [0.1, 0.15) is 6.92 Å². The first-order valence-corrected chi connectivity index (χ1v) is 7.77. The van der Waals surface area contributed by atoms with E-state index in [0.717, 1.165) is 5.56 Å². The Morgan fingerprint density at radius 2 is 2.04 bits per heavy atom. The Labute approximate surface area is 153 Å². The molecule has 2 rings (SSSR count). The molecular formula is C13H12F3N5O5S. The Balaban J connectivity index is 0.000000445. The summed E-state index contributed by atoms with van der Waals surface area (Å²) in [6.07, 6.45) is -2.03. The first kappa shape index (κ1) is 21.9. The molecule has 0 radical (unpaired) electrons. The zero-order valence-electron chi connectivity index (χ0n) is 13.5. The Hall–Kier alpha value is -3.16. The number of aromatic nitrogens is 4. The molecule has 1 amide bonds. The third kappa shape index (κ3) is 7.72. The lowest BCUT2D eigenvalue weighted by atomic mass is 10.3. The Morgan fingerprint density at radius 1 is 1.41 bits per heavy atom. The fourth-order valence-electron chi connectivity index (χ4n) is 1.40. The standard InChI is InChI=1S/C11H11N5O3S.C2HF3O2/c1-7(11(18)19)14-9(17)5-16-3-2-8(4-13-16)10-12-6-20-15-10;3-2(4,5)1(6)7/h2-4,6-7H,5H2,1H3,(H-,14,17,18,19);(H,6,7). The van der Waals surface area contributed by atoms with Gasteiger partial charge in [0.25, 0.3) is 12.5 Å². The molecule has 1 atom stereocenters. The first-order valence-electron chi connectivity index (χ1n) is 6.93. The molecule has 0 aliphatic heterocycles. The third-order valence-electron chi connectivity index (χ3n) is 2.68. The van der Waals surface area contributed by atoms with E-state index in [4.69, 9.17) is 15.0 Å². The van der Waals surface area contributed by atoms with Crippen molar-refractivity contribution in [3.63, 3.8) is 0 Å². The molecule has 10 nitrogen and oxygen atoms in total. The second kappa shape index (κ2) is 9.51. The summed E-state index contributed by atoms with van der Waals surface area (Å²) in [5.41, 5.74) is 2.37. The van der Waals surface area contributed by atoms with Crippen LogP contribution in [0.2, 0.25) is 0 Å². The number of nitrogens with zero attached hydrogens (tertiary/aromatic N) is 4. The van der Waals surface area contributed by atoms with Gasteiger partial charge in [0.2, 0.25) is 0 Å². The molecular weight excluding hydrogens is 395 g/mol. The molecule has 14 heteroatoms. The van der Waals surface area contributed by atoms with Crippen molar-refractivity contribution in [2.24, 2.45) is 0 Å². The van der Waals surface area contributed by atoms with Crippen LogP contribution in [0, 0.1) is 0 Å². The van der Waals surface area contributed by atoms with Gasteiger partial charge in [-0.05, 0) is 23.6 Å². The summed E-state index contributed by atoms with van der Waals surface area (Å²) in [7, 11) is 0. The minimum absolute atomic E-state index is 0.0532. The van der Waals surface area contributed by atoms with Gasteiger partial charge < -0.3 is 20.3 Å². The van der Waals surface area contributed by atoms with Crippen molar-refractivity contribution in [1.29, 1.82) is 0 Å². The number of alkyl halides is 3. The van der Waals surface area contributed by atoms with Crippen molar-refractivity contribution in [3.8, 4) is 11.4 Å². The van der Waals surface area contributed by atoms with Gasteiger partial charge in [0.15, 0.2) is 12.0 Å². The topological polar surface area (TPSA) is 149 Å². The minimum Gasteiger partial charge on any atom is -0.542 e. The highest BCUT2D eigenvalue weighted by Crippen LogP contribution is 2.12. The summed E-state index contributed by atoms with van der Waals surface area (Å²) in [4.78, 5) is 35.0. The van der Waals surface area contributed by atoms with Gasteiger partial charge in [-0.3, -0.25) is 9.59 Å². The van der Waals surface area contributed by atoms with Gasteiger partial charge in [-0.15, -0.1) is 0 Å². The maximum Gasteiger partial charge on any atom is 0.430 e. The van der Waals surface area contributed by atoms with Gasteiger partial charge in [0.05, 0.1) is 5.56 Å². The largest absolute Gasteiger partial charge is 0.542 e. The van der Waals surface area contributed by atoms with E-state index in [-0.39, 0.29) is 6.54 Å². The van der Waals surface area contributed by atoms with Gasteiger partial charge in [-0.2, -0.15) is 17.5 Å². The van der Waals surface area contributed by atoms with E-state index < -0.39 is 30.1 Å². The van der Waals surface area contributed by atoms with Crippen molar-refractivity contribution in [2.45, 2.75) is 25.7 Å². The molecule has 27 heavy (non-hydrogen) atoms. The van der Waals surface area contributed by atoms with Crippen LogP contribution in [-0.4, -0.2) is 49.6 Å². The molecule has 0 spiro atoms. The van der Waals surface area contributed by atoms with E-state index in [9.17, 15) is 22.8 Å². The van der Waals surface area contributed by atoms with Crippen LogP contribution >= 0.6 is 11.5 Å². The molecule has 0 saturated carbocycles. The van der Waals surface area contributed by atoms with Crippen LogP contribution in [0.3, 0.4) is 0 Å². The Bertz CT molecular complexity index is 783. The Morgan fingerprint density at radius 3 is 2.44 bits per heavy atom. The monoisotopic (exact) mass is 407 g/mol. The summed E-state index contributed by atoms with van der Waals surface area (Å²) in [5.74, 6) is -3.93. The summed E-state index contributed by atoms with van der Waals surface area (Å²) in [6, 6.07) is 0.810. The molecule has 0 fully saturated rings. The predicted molar refractivity (Wildman–Crippen MR) is 79.6 cm³/mol. The number of carbonyl (C=O) groups excluding carboxylic acids is 2. The molecule has 146 valence electrons. The highest BCUT2D eigenvalue weighted by molar-refractivity contribution is 7.03. The van der Waals surface area contributed by atoms with Crippen LogP contribution in [0.5, 0.6) is 0 Å². The van der Waals surface area contributed by atoms with E-state index in [2.05, 4.69) is 19.8 Å². The number of hydrogen-bond acceptors (Lipinski definition) is 8. The SMILES string of the molecule is CC(NC(=O)C[n+]1ccc(-c2ncsn2)cn1)C(=O)O.O=C([O-])C(F)(F)F. The molecule has 2 aromatic rings. The number of carboxylic acid groups (broad SMARTS) is 2. The fraction of sp³-hybridized carbons (Fsp3) is 0.308. The first-order chi connectivity index (χ1) is 12.5.